The summed E-state index contributed by atoms with van der Waals surface area (Å²) in [4.78, 5) is 30.8. The zero-order valence-corrected chi connectivity index (χ0v) is 10.3. The summed E-state index contributed by atoms with van der Waals surface area (Å²) in [6, 6.07) is -0.0325. The lowest BCUT2D eigenvalue weighted by Crippen LogP contribution is -2.52. The largest absolute Gasteiger partial charge is 0.481 e. The van der Waals surface area contributed by atoms with Crippen LogP contribution in [0.1, 0.15) is 19.3 Å². The Kier molecular flexibility index (Phi) is 3.31. The number of rotatable bonds is 3. The average Bonchev–Trinajstić information content (AvgIpc) is 2.43. The van der Waals surface area contributed by atoms with Crippen LogP contribution in [0.15, 0.2) is 0 Å². The molecule has 17 heavy (non-hydrogen) atoms. The minimum absolute atomic E-state index is 0.159. The molecule has 0 amide bonds. The molecule has 2 aliphatic rings. The van der Waals surface area contributed by atoms with E-state index >= 15 is 0 Å². The highest BCUT2D eigenvalue weighted by Crippen LogP contribution is 2.46. The van der Waals surface area contributed by atoms with Crippen LogP contribution in [-0.2, 0) is 13.9 Å². The highest BCUT2D eigenvalue weighted by Gasteiger charge is 2.50. The summed E-state index contributed by atoms with van der Waals surface area (Å²) in [5.41, 5.74) is 0. The summed E-state index contributed by atoms with van der Waals surface area (Å²) in [7, 11) is -2.78. The summed E-state index contributed by atoms with van der Waals surface area (Å²) in [5.74, 6) is -1.92. The Bertz CT molecular complexity index is 368. The van der Waals surface area contributed by atoms with E-state index in [9.17, 15) is 14.5 Å². The zero-order valence-electron chi connectivity index (χ0n) is 9.39. The Hall–Kier alpha value is -0.460. The van der Waals surface area contributed by atoms with Crippen molar-refractivity contribution in [3.05, 3.63) is 0 Å². The first kappa shape index (κ1) is 13.0. The predicted molar refractivity (Wildman–Crippen MR) is 57.2 cm³/mol. The van der Waals surface area contributed by atoms with Crippen molar-refractivity contribution in [3.63, 3.8) is 0 Å². The maximum atomic E-state index is 11.2. The van der Waals surface area contributed by atoms with Gasteiger partial charge in [-0.15, -0.1) is 0 Å². The number of hydrogen-bond donors (Lipinski definition) is 3. The molecule has 4 atom stereocenters. The van der Waals surface area contributed by atoms with Gasteiger partial charge in [0.2, 0.25) is 0 Å². The molecule has 2 aliphatic heterocycles. The van der Waals surface area contributed by atoms with Crippen LogP contribution < -0.4 is 0 Å². The van der Waals surface area contributed by atoms with Crippen molar-refractivity contribution in [2.45, 2.75) is 37.5 Å². The lowest BCUT2D eigenvalue weighted by molar-refractivity contribution is -0.151. The molecule has 0 unspecified atom stereocenters. The van der Waals surface area contributed by atoms with Crippen molar-refractivity contribution >= 4 is 13.8 Å². The third kappa shape index (κ3) is 2.53. The van der Waals surface area contributed by atoms with Gasteiger partial charge in [0.05, 0.1) is 12.0 Å². The van der Waals surface area contributed by atoms with Gasteiger partial charge >= 0.3 is 13.8 Å². The highest BCUT2D eigenvalue weighted by atomic mass is 31.2. The smallest absolute Gasteiger partial charge is 0.469 e. The number of nitrogens with zero attached hydrogens (tertiary/aromatic N) is 1. The van der Waals surface area contributed by atoms with E-state index in [1.54, 1.807) is 0 Å². The number of phosphoric acid groups is 1. The molecule has 8 heteroatoms. The van der Waals surface area contributed by atoms with Gasteiger partial charge in [-0.1, -0.05) is 0 Å². The number of carbonyl (C=O) groups is 1. The molecule has 0 aromatic heterocycles. The Morgan fingerprint density at radius 3 is 2.59 bits per heavy atom. The Labute approximate surface area is 98.6 Å². The number of aliphatic carboxylic acids is 1. The number of hydrogen-bond acceptors (Lipinski definition) is 4. The van der Waals surface area contributed by atoms with Gasteiger partial charge in [0.1, 0.15) is 0 Å². The summed E-state index contributed by atoms with van der Waals surface area (Å²) in [6.07, 6.45) is 1.04. The number of piperidine rings is 1. The van der Waals surface area contributed by atoms with Crippen molar-refractivity contribution in [1.82, 2.24) is 4.90 Å². The number of phosphoric ester groups is 1. The zero-order chi connectivity index (χ0) is 12.8. The van der Waals surface area contributed by atoms with Crippen LogP contribution in [0.3, 0.4) is 0 Å². The maximum Gasteiger partial charge on any atom is 0.469 e. The van der Waals surface area contributed by atoms with Gasteiger partial charge in [-0.05, 0) is 26.3 Å². The van der Waals surface area contributed by atoms with Gasteiger partial charge < -0.3 is 14.9 Å². The van der Waals surface area contributed by atoms with Crippen LogP contribution in [0.2, 0.25) is 0 Å². The first-order chi connectivity index (χ1) is 7.79. The summed E-state index contributed by atoms with van der Waals surface area (Å²) >= 11 is 0. The van der Waals surface area contributed by atoms with Crippen molar-refractivity contribution in [2.75, 3.05) is 7.05 Å². The van der Waals surface area contributed by atoms with Crippen LogP contribution in [0.4, 0.5) is 0 Å². The van der Waals surface area contributed by atoms with Crippen molar-refractivity contribution < 1.29 is 28.8 Å². The molecular weight excluding hydrogens is 249 g/mol. The molecule has 0 saturated carbocycles. The van der Waals surface area contributed by atoms with E-state index in [0.29, 0.717) is 6.42 Å². The average molecular weight is 265 g/mol. The minimum atomic E-state index is -4.64. The van der Waals surface area contributed by atoms with Crippen molar-refractivity contribution in [2.24, 2.45) is 5.92 Å². The molecule has 7 nitrogen and oxygen atoms in total. The standard InChI is InChI=1S/C9H16NO6P/c1-10-5-2-3-6(10)8(9(11)12)7(4-5)16-17(13,14)15/h5-8H,2-4H2,1H3,(H,11,12)(H2,13,14,15)/t5-,6+,7-,8+/m0/s1. The van der Waals surface area contributed by atoms with Crippen molar-refractivity contribution in [3.8, 4) is 0 Å². The fraction of sp³-hybridized carbons (Fsp3) is 0.889. The quantitative estimate of drug-likeness (QED) is 0.618. The third-order valence-electron chi connectivity index (χ3n) is 3.77. The fourth-order valence-electron chi connectivity index (χ4n) is 3.03. The molecule has 2 heterocycles. The van der Waals surface area contributed by atoms with Crippen LogP contribution in [-0.4, -0.2) is 51.0 Å². The number of fused-ring (bicyclic) bond motifs is 2. The van der Waals surface area contributed by atoms with E-state index in [1.807, 2.05) is 11.9 Å². The SMILES string of the molecule is CN1[C@H]2CC[C@@H]1[C@@H](C(=O)O)[C@@H](OP(=O)(O)O)C2. The second kappa shape index (κ2) is 4.33. The van der Waals surface area contributed by atoms with Gasteiger partial charge in [-0.3, -0.25) is 14.2 Å². The second-order valence-corrected chi connectivity index (χ2v) is 5.89. The predicted octanol–water partition coefficient (Wildman–Crippen LogP) is 0.0316. The van der Waals surface area contributed by atoms with Crippen LogP contribution in [0.5, 0.6) is 0 Å². The summed E-state index contributed by atoms with van der Waals surface area (Å²) in [6.45, 7) is 0. The second-order valence-electron chi connectivity index (χ2n) is 4.70. The molecule has 3 N–H and O–H groups in total. The molecule has 2 fully saturated rings. The van der Waals surface area contributed by atoms with Gasteiger partial charge in [0.15, 0.2) is 0 Å². The third-order valence-corrected chi connectivity index (χ3v) is 4.32. The molecule has 2 saturated heterocycles. The molecule has 0 aliphatic carbocycles. The van der Waals surface area contributed by atoms with Crippen molar-refractivity contribution in [1.29, 1.82) is 0 Å². The van der Waals surface area contributed by atoms with Gasteiger partial charge in [-0.25, -0.2) is 4.57 Å². The fourth-order valence-corrected chi connectivity index (χ4v) is 3.60. The van der Waals surface area contributed by atoms with Gasteiger partial charge in [-0.2, -0.15) is 0 Å². The van der Waals surface area contributed by atoms with Crippen LogP contribution in [0.25, 0.3) is 0 Å². The highest BCUT2D eigenvalue weighted by molar-refractivity contribution is 7.46. The van der Waals surface area contributed by atoms with E-state index in [4.69, 9.17) is 9.79 Å². The molecule has 0 radical (unpaired) electrons. The summed E-state index contributed by atoms with van der Waals surface area (Å²) < 4.78 is 15.5. The molecule has 0 spiro atoms. The molecule has 98 valence electrons. The Morgan fingerprint density at radius 1 is 1.41 bits per heavy atom. The van der Waals surface area contributed by atoms with E-state index in [1.165, 1.54) is 0 Å². The van der Waals surface area contributed by atoms with Gasteiger partial charge in [0.25, 0.3) is 0 Å². The number of carboxylic acids is 1. The van der Waals surface area contributed by atoms with Crippen LogP contribution >= 0.6 is 7.82 Å². The lowest BCUT2D eigenvalue weighted by atomic mass is 9.88. The number of carboxylic acid groups (broad SMARTS) is 1. The molecule has 0 aromatic rings. The van der Waals surface area contributed by atoms with E-state index < -0.39 is 25.8 Å². The Balaban J connectivity index is 2.21. The topological polar surface area (TPSA) is 107 Å². The van der Waals surface area contributed by atoms with E-state index in [0.717, 1.165) is 12.8 Å². The lowest BCUT2D eigenvalue weighted by Gasteiger charge is -2.40. The van der Waals surface area contributed by atoms with E-state index in [2.05, 4.69) is 4.52 Å². The normalized spacial score (nSPS) is 38.3. The van der Waals surface area contributed by atoms with Crippen LogP contribution in [0, 0.1) is 5.92 Å². The maximum absolute atomic E-state index is 11.2. The monoisotopic (exact) mass is 265 g/mol. The molecule has 0 aromatic carbocycles. The summed E-state index contributed by atoms with van der Waals surface area (Å²) in [5, 5.41) is 9.18. The Morgan fingerprint density at radius 2 is 2.06 bits per heavy atom. The first-order valence-electron chi connectivity index (χ1n) is 5.48. The van der Waals surface area contributed by atoms with Gasteiger partial charge in [0, 0.05) is 12.1 Å². The molecular formula is C9H16NO6P. The molecule has 2 rings (SSSR count). The minimum Gasteiger partial charge on any atom is -0.481 e. The molecule has 2 bridgehead atoms. The van der Waals surface area contributed by atoms with E-state index in [-0.39, 0.29) is 12.1 Å². The first-order valence-corrected chi connectivity index (χ1v) is 7.01.